The van der Waals surface area contributed by atoms with Gasteiger partial charge in [0.05, 0.1) is 22.0 Å². The lowest BCUT2D eigenvalue weighted by molar-refractivity contribution is -0.140. The van der Waals surface area contributed by atoms with Crippen molar-refractivity contribution >= 4 is 50.7 Å². The highest BCUT2D eigenvalue weighted by atomic mass is 35.5. The Kier molecular flexibility index (Phi) is 11.1. The molecular weight excluding hydrogens is 595 g/mol. The van der Waals surface area contributed by atoms with E-state index >= 15 is 0 Å². The lowest BCUT2D eigenvalue weighted by Gasteiger charge is -2.33. The molecule has 0 saturated heterocycles. The van der Waals surface area contributed by atoms with E-state index in [0.717, 1.165) is 24.0 Å². The smallest absolute Gasteiger partial charge is 0.244 e. The summed E-state index contributed by atoms with van der Waals surface area (Å²) < 4.78 is 53.8. The average molecular weight is 627 g/mol. The number of nitrogens with zero attached hydrogens (tertiary/aromatic N) is 2. The first kappa shape index (κ1) is 32.3. The van der Waals surface area contributed by atoms with E-state index in [1.807, 2.05) is 32.0 Å². The highest BCUT2D eigenvalue weighted by molar-refractivity contribution is 7.92. The monoisotopic (exact) mass is 625 g/mol. The maximum absolute atomic E-state index is 14.0. The molecule has 0 aromatic heterocycles. The van der Waals surface area contributed by atoms with Crippen LogP contribution in [-0.2, 0) is 32.6 Å². The molecule has 0 saturated carbocycles. The lowest BCUT2D eigenvalue weighted by Crippen LogP contribution is -2.53. The number of benzene rings is 3. The van der Waals surface area contributed by atoms with E-state index in [0.29, 0.717) is 27.5 Å². The molecular formula is C29H31Cl2F2N3O4S. The van der Waals surface area contributed by atoms with Crippen LogP contribution >= 0.6 is 23.2 Å². The quantitative estimate of drug-likeness (QED) is 0.290. The van der Waals surface area contributed by atoms with Crippen LogP contribution < -0.4 is 9.62 Å². The Balaban J connectivity index is 2.07. The van der Waals surface area contributed by atoms with E-state index in [9.17, 15) is 26.8 Å². The molecule has 220 valence electrons. The molecule has 0 heterocycles. The zero-order valence-corrected chi connectivity index (χ0v) is 25.1. The Labute approximate surface area is 249 Å². The number of hydrogen-bond acceptors (Lipinski definition) is 4. The van der Waals surface area contributed by atoms with E-state index in [-0.39, 0.29) is 29.6 Å². The van der Waals surface area contributed by atoms with E-state index in [1.54, 1.807) is 30.3 Å². The van der Waals surface area contributed by atoms with Crippen LogP contribution in [-0.4, -0.2) is 50.5 Å². The molecule has 0 spiro atoms. The van der Waals surface area contributed by atoms with Gasteiger partial charge in [-0.15, -0.1) is 0 Å². The van der Waals surface area contributed by atoms with Crippen LogP contribution in [0.3, 0.4) is 0 Å². The Bertz CT molecular complexity index is 1490. The SMILES string of the molecule is CC(C)CNC(=O)[C@H](Cc1ccccc1)N(Cc1ccc(Cl)c(Cl)c1)C(=O)CN(c1ccc(F)c(F)c1)S(C)(=O)=O. The van der Waals surface area contributed by atoms with Gasteiger partial charge in [-0.1, -0.05) is 73.4 Å². The third-order valence-electron chi connectivity index (χ3n) is 6.16. The molecule has 12 heteroatoms. The van der Waals surface area contributed by atoms with Gasteiger partial charge in [0.15, 0.2) is 11.6 Å². The Morgan fingerprint density at radius 2 is 1.59 bits per heavy atom. The predicted octanol–water partition coefficient (Wildman–Crippen LogP) is 5.45. The third kappa shape index (κ3) is 9.14. The van der Waals surface area contributed by atoms with Gasteiger partial charge in [0.25, 0.3) is 0 Å². The van der Waals surface area contributed by atoms with Gasteiger partial charge in [-0.2, -0.15) is 0 Å². The minimum Gasteiger partial charge on any atom is -0.354 e. The summed E-state index contributed by atoms with van der Waals surface area (Å²) in [5.74, 6) is -3.49. The van der Waals surface area contributed by atoms with E-state index < -0.39 is 46.1 Å². The normalized spacial score (nSPS) is 12.2. The molecule has 41 heavy (non-hydrogen) atoms. The third-order valence-corrected chi connectivity index (χ3v) is 8.04. The van der Waals surface area contributed by atoms with Gasteiger partial charge in [0.1, 0.15) is 12.6 Å². The summed E-state index contributed by atoms with van der Waals surface area (Å²) in [5, 5.41) is 3.40. The lowest BCUT2D eigenvalue weighted by atomic mass is 10.0. The van der Waals surface area contributed by atoms with Crippen LogP contribution in [0.2, 0.25) is 10.0 Å². The molecule has 0 aliphatic heterocycles. The Morgan fingerprint density at radius 1 is 0.902 bits per heavy atom. The molecule has 0 radical (unpaired) electrons. The fourth-order valence-electron chi connectivity index (χ4n) is 4.07. The van der Waals surface area contributed by atoms with Crippen molar-refractivity contribution in [3.63, 3.8) is 0 Å². The van der Waals surface area contributed by atoms with E-state index in [2.05, 4.69) is 5.32 Å². The van der Waals surface area contributed by atoms with Crippen LogP contribution in [0.25, 0.3) is 0 Å². The largest absolute Gasteiger partial charge is 0.354 e. The zero-order chi connectivity index (χ0) is 30.3. The number of carbonyl (C=O) groups is 2. The second-order valence-corrected chi connectivity index (χ2v) is 12.7. The van der Waals surface area contributed by atoms with Gasteiger partial charge < -0.3 is 10.2 Å². The van der Waals surface area contributed by atoms with Gasteiger partial charge in [0.2, 0.25) is 21.8 Å². The highest BCUT2D eigenvalue weighted by Gasteiger charge is 2.33. The minimum atomic E-state index is -4.13. The molecule has 0 aliphatic carbocycles. The first-order valence-corrected chi connectivity index (χ1v) is 15.3. The van der Waals surface area contributed by atoms with Gasteiger partial charge in [-0.25, -0.2) is 17.2 Å². The highest BCUT2D eigenvalue weighted by Crippen LogP contribution is 2.26. The second kappa shape index (κ2) is 14.1. The topological polar surface area (TPSA) is 86.8 Å². The summed E-state index contributed by atoms with van der Waals surface area (Å²) in [6.45, 7) is 3.32. The van der Waals surface area contributed by atoms with Crippen LogP contribution in [0.1, 0.15) is 25.0 Å². The van der Waals surface area contributed by atoms with Crippen molar-refractivity contribution in [1.29, 1.82) is 0 Å². The fraction of sp³-hybridized carbons (Fsp3) is 0.310. The number of anilines is 1. The van der Waals surface area contributed by atoms with Gasteiger partial charge in [-0.3, -0.25) is 13.9 Å². The number of halogens is 4. The number of amides is 2. The van der Waals surface area contributed by atoms with Crippen molar-refractivity contribution in [2.24, 2.45) is 5.92 Å². The van der Waals surface area contributed by atoms with Crippen molar-refractivity contribution < 1.29 is 26.8 Å². The molecule has 0 unspecified atom stereocenters. The summed E-state index contributed by atoms with van der Waals surface area (Å²) in [4.78, 5) is 28.8. The Morgan fingerprint density at radius 3 is 2.17 bits per heavy atom. The summed E-state index contributed by atoms with van der Waals surface area (Å²) >= 11 is 12.3. The van der Waals surface area contributed by atoms with Crippen molar-refractivity contribution in [2.45, 2.75) is 32.9 Å². The summed E-state index contributed by atoms with van der Waals surface area (Å²) in [7, 11) is -4.13. The maximum Gasteiger partial charge on any atom is 0.244 e. The summed E-state index contributed by atoms with van der Waals surface area (Å²) in [6.07, 6.45) is 0.976. The van der Waals surface area contributed by atoms with Crippen molar-refractivity contribution in [3.8, 4) is 0 Å². The molecule has 3 aromatic carbocycles. The van der Waals surface area contributed by atoms with Crippen molar-refractivity contribution in [1.82, 2.24) is 10.2 Å². The standard InChI is InChI=1S/C29H31Cl2F2N3O4S/c1-19(2)16-34-29(38)27(14-20-7-5-4-6-8-20)35(17-21-9-11-23(30)24(31)13-21)28(37)18-36(41(3,39)40)22-10-12-25(32)26(33)15-22/h4-13,15,19,27H,14,16-18H2,1-3H3,(H,34,38)/t27-/m0/s1. The number of carbonyl (C=O) groups excluding carboxylic acids is 2. The van der Waals surface area contributed by atoms with Crippen LogP contribution in [0.4, 0.5) is 14.5 Å². The first-order valence-electron chi connectivity index (χ1n) is 12.7. The molecule has 3 aromatic rings. The molecule has 7 nitrogen and oxygen atoms in total. The first-order chi connectivity index (χ1) is 19.3. The predicted molar refractivity (Wildman–Crippen MR) is 157 cm³/mol. The van der Waals surface area contributed by atoms with Gasteiger partial charge in [-0.05, 0) is 41.3 Å². The molecule has 3 rings (SSSR count). The Hall–Kier alpha value is -3.21. The van der Waals surface area contributed by atoms with Crippen LogP contribution in [0, 0.1) is 17.6 Å². The number of rotatable bonds is 12. The molecule has 1 N–H and O–H groups in total. The molecule has 0 fully saturated rings. The van der Waals surface area contributed by atoms with Crippen molar-refractivity contribution in [2.75, 3.05) is 23.7 Å². The van der Waals surface area contributed by atoms with E-state index in [1.165, 1.54) is 4.90 Å². The maximum atomic E-state index is 14.0. The summed E-state index contributed by atoms with van der Waals surface area (Å²) in [6, 6.07) is 15.3. The summed E-state index contributed by atoms with van der Waals surface area (Å²) in [5.41, 5.74) is 1.07. The second-order valence-electron chi connectivity index (χ2n) is 9.98. The fourth-order valence-corrected chi connectivity index (χ4v) is 5.23. The van der Waals surface area contributed by atoms with Crippen LogP contribution in [0.15, 0.2) is 66.7 Å². The minimum absolute atomic E-state index is 0.113. The van der Waals surface area contributed by atoms with Gasteiger partial charge in [0, 0.05) is 25.6 Å². The number of nitrogens with one attached hydrogen (secondary N) is 1. The van der Waals surface area contributed by atoms with E-state index in [4.69, 9.17) is 23.2 Å². The number of hydrogen-bond donors (Lipinski definition) is 1. The molecule has 0 bridgehead atoms. The molecule has 1 atom stereocenters. The average Bonchev–Trinajstić information content (AvgIpc) is 2.91. The number of sulfonamides is 1. The molecule has 0 aliphatic rings. The zero-order valence-electron chi connectivity index (χ0n) is 22.8. The van der Waals surface area contributed by atoms with Crippen LogP contribution in [0.5, 0.6) is 0 Å². The molecule has 2 amide bonds. The van der Waals surface area contributed by atoms with Crippen molar-refractivity contribution in [3.05, 3.63) is 99.5 Å². The van der Waals surface area contributed by atoms with Gasteiger partial charge >= 0.3 is 0 Å².